The molecule has 4 atom stereocenters. The van der Waals surface area contributed by atoms with E-state index in [0.717, 1.165) is 0 Å². The zero-order valence-corrected chi connectivity index (χ0v) is 17.2. The van der Waals surface area contributed by atoms with E-state index in [9.17, 15) is 19.2 Å². The van der Waals surface area contributed by atoms with Gasteiger partial charge in [-0.25, -0.2) is 4.98 Å². The summed E-state index contributed by atoms with van der Waals surface area (Å²) >= 11 is 4.03. The smallest absolute Gasteiger partial charge is 0.322 e. The van der Waals surface area contributed by atoms with Crippen LogP contribution in [0.15, 0.2) is 12.5 Å². The summed E-state index contributed by atoms with van der Waals surface area (Å²) in [5.74, 6) is -3.18. The minimum absolute atomic E-state index is 0.0612. The molecule has 1 aromatic heterocycles. The number of nitrogens with zero attached hydrogens (tertiary/aromatic N) is 1. The number of aromatic amines is 1. The van der Waals surface area contributed by atoms with Crippen LogP contribution in [-0.4, -0.2) is 69.2 Å². The van der Waals surface area contributed by atoms with Crippen molar-refractivity contribution in [3.63, 3.8) is 0 Å². The standard InChI is InChI=1S/C17H28N6O5S/c1-3-9(2)14(18)17(28)22-11(4-10-5-19-8-21-10)16(27)23-12(7-29)15(26)20-6-13(24)25/h5,8-9,11-12,14,29H,3-4,6-7,18H2,1-2H3,(H,19,21)(H,20,26)(H,22,28)(H,23,27)(H,24,25). The van der Waals surface area contributed by atoms with Crippen LogP contribution in [0.3, 0.4) is 0 Å². The van der Waals surface area contributed by atoms with Crippen molar-refractivity contribution in [1.82, 2.24) is 25.9 Å². The third-order valence-corrected chi connectivity index (χ3v) is 4.77. The first kappa shape index (κ1) is 24.4. The largest absolute Gasteiger partial charge is 0.480 e. The predicted octanol–water partition coefficient (Wildman–Crippen LogP) is -1.57. The Morgan fingerprint density at radius 3 is 2.38 bits per heavy atom. The number of nitrogens with one attached hydrogen (secondary N) is 4. The molecule has 0 aromatic carbocycles. The van der Waals surface area contributed by atoms with Gasteiger partial charge in [-0.15, -0.1) is 0 Å². The number of imidazole rings is 1. The van der Waals surface area contributed by atoms with Crippen LogP contribution in [-0.2, 0) is 25.6 Å². The summed E-state index contributed by atoms with van der Waals surface area (Å²) in [4.78, 5) is 54.6. The summed E-state index contributed by atoms with van der Waals surface area (Å²) in [6.07, 6.45) is 3.74. The monoisotopic (exact) mass is 428 g/mol. The van der Waals surface area contributed by atoms with Gasteiger partial charge in [0.25, 0.3) is 0 Å². The molecule has 0 bridgehead atoms. The van der Waals surface area contributed by atoms with Gasteiger partial charge in [-0.2, -0.15) is 12.6 Å². The molecule has 0 radical (unpaired) electrons. The molecule has 0 spiro atoms. The molecular weight excluding hydrogens is 400 g/mol. The molecular formula is C17H28N6O5S. The Labute approximate surface area is 174 Å². The number of amides is 3. The summed E-state index contributed by atoms with van der Waals surface area (Å²) in [6.45, 7) is 3.15. The fraction of sp³-hybridized carbons (Fsp3) is 0.588. The van der Waals surface area contributed by atoms with Crippen molar-refractivity contribution in [3.05, 3.63) is 18.2 Å². The Bertz CT molecular complexity index is 698. The highest BCUT2D eigenvalue weighted by Crippen LogP contribution is 2.07. The number of H-pyrrole nitrogens is 1. The maximum Gasteiger partial charge on any atom is 0.322 e. The highest BCUT2D eigenvalue weighted by Gasteiger charge is 2.29. The van der Waals surface area contributed by atoms with Crippen molar-refractivity contribution in [1.29, 1.82) is 0 Å². The summed E-state index contributed by atoms with van der Waals surface area (Å²) in [5.41, 5.74) is 6.54. The molecule has 0 fully saturated rings. The van der Waals surface area contributed by atoms with Crippen LogP contribution in [0.1, 0.15) is 26.0 Å². The minimum atomic E-state index is -1.22. The molecule has 1 heterocycles. The number of thiol groups is 1. The highest BCUT2D eigenvalue weighted by molar-refractivity contribution is 7.80. The number of aromatic nitrogens is 2. The topological polar surface area (TPSA) is 179 Å². The highest BCUT2D eigenvalue weighted by atomic mass is 32.1. The second-order valence-electron chi connectivity index (χ2n) is 6.61. The number of carbonyl (C=O) groups is 4. The first-order chi connectivity index (χ1) is 13.7. The third-order valence-electron chi connectivity index (χ3n) is 4.40. The average Bonchev–Trinajstić information content (AvgIpc) is 3.21. The van der Waals surface area contributed by atoms with Gasteiger partial charge in [0.15, 0.2) is 0 Å². The van der Waals surface area contributed by atoms with Gasteiger partial charge in [0.1, 0.15) is 18.6 Å². The van der Waals surface area contributed by atoms with E-state index in [1.165, 1.54) is 12.5 Å². The maximum atomic E-state index is 12.7. The lowest BCUT2D eigenvalue weighted by Crippen LogP contribution is -2.57. The van der Waals surface area contributed by atoms with Crippen LogP contribution in [0, 0.1) is 5.92 Å². The Morgan fingerprint density at radius 1 is 1.21 bits per heavy atom. The van der Waals surface area contributed by atoms with E-state index in [4.69, 9.17) is 10.8 Å². The van der Waals surface area contributed by atoms with Crippen molar-refractivity contribution in [3.8, 4) is 0 Å². The van der Waals surface area contributed by atoms with Gasteiger partial charge in [0.05, 0.1) is 12.4 Å². The van der Waals surface area contributed by atoms with Crippen LogP contribution in [0.4, 0.5) is 0 Å². The van der Waals surface area contributed by atoms with E-state index >= 15 is 0 Å². The molecule has 0 saturated heterocycles. The fourth-order valence-corrected chi connectivity index (χ4v) is 2.62. The number of carboxylic acids is 1. The molecule has 4 unspecified atom stereocenters. The van der Waals surface area contributed by atoms with Crippen LogP contribution in [0.25, 0.3) is 0 Å². The summed E-state index contributed by atoms with van der Waals surface area (Å²) < 4.78 is 0. The lowest BCUT2D eigenvalue weighted by atomic mass is 9.98. The van der Waals surface area contributed by atoms with E-state index in [1.54, 1.807) is 0 Å². The first-order valence-corrected chi connectivity index (χ1v) is 9.76. The van der Waals surface area contributed by atoms with E-state index in [0.29, 0.717) is 12.1 Å². The Morgan fingerprint density at radius 2 is 1.86 bits per heavy atom. The van der Waals surface area contributed by atoms with Gasteiger partial charge < -0.3 is 31.8 Å². The van der Waals surface area contributed by atoms with Gasteiger partial charge in [-0.05, 0) is 5.92 Å². The average molecular weight is 429 g/mol. The summed E-state index contributed by atoms with van der Waals surface area (Å²) in [7, 11) is 0. The fourth-order valence-electron chi connectivity index (χ4n) is 2.36. The number of hydrogen-bond acceptors (Lipinski definition) is 7. The molecule has 0 aliphatic carbocycles. The molecule has 0 aliphatic rings. The minimum Gasteiger partial charge on any atom is -0.480 e. The molecule has 11 nitrogen and oxygen atoms in total. The SMILES string of the molecule is CCC(C)C(N)C(=O)NC(Cc1cnc[nH]1)C(=O)NC(CS)C(=O)NCC(=O)O. The number of aliphatic carboxylic acids is 1. The Balaban J connectivity index is 2.87. The maximum absolute atomic E-state index is 12.7. The lowest BCUT2D eigenvalue weighted by molar-refractivity contribution is -0.138. The number of carbonyl (C=O) groups excluding carboxylic acids is 3. The number of rotatable bonds is 12. The zero-order chi connectivity index (χ0) is 22.0. The molecule has 3 amide bonds. The Kier molecular flexibility index (Phi) is 10.2. The van der Waals surface area contributed by atoms with Crippen molar-refractivity contribution < 1.29 is 24.3 Å². The number of hydrogen-bond donors (Lipinski definition) is 7. The van der Waals surface area contributed by atoms with Gasteiger partial charge in [-0.3, -0.25) is 19.2 Å². The second kappa shape index (κ2) is 12.1. The zero-order valence-electron chi connectivity index (χ0n) is 16.3. The van der Waals surface area contributed by atoms with Crippen molar-refractivity contribution in [2.45, 2.75) is 44.8 Å². The molecule has 7 N–H and O–H groups in total. The molecule has 1 rings (SSSR count). The first-order valence-electron chi connectivity index (χ1n) is 9.13. The predicted molar refractivity (Wildman–Crippen MR) is 108 cm³/mol. The van der Waals surface area contributed by atoms with E-state index in [-0.39, 0.29) is 18.1 Å². The lowest BCUT2D eigenvalue weighted by Gasteiger charge is -2.24. The van der Waals surface area contributed by atoms with E-state index in [2.05, 4.69) is 38.5 Å². The number of nitrogens with two attached hydrogens (primary N) is 1. The third kappa shape index (κ3) is 8.11. The quantitative estimate of drug-likeness (QED) is 0.196. The summed E-state index contributed by atoms with van der Waals surface area (Å²) in [5, 5.41) is 15.9. The molecule has 29 heavy (non-hydrogen) atoms. The van der Waals surface area contributed by atoms with Crippen molar-refractivity contribution in [2.24, 2.45) is 11.7 Å². The molecule has 1 aromatic rings. The van der Waals surface area contributed by atoms with Crippen molar-refractivity contribution in [2.75, 3.05) is 12.3 Å². The van der Waals surface area contributed by atoms with Crippen LogP contribution < -0.4 is 21.7 Å². The summed E-state index contributed by atoms with van der Waals surface area (Å²) in [6, 6.07) is -2.89. The second-order valence-corrected chi connectivity index (χ2v) is 6.97. The Hall–Kier alpha value is -2.60. The van der Waals surface area contributed by atoms with Crippen molar-refractivity contribution >= 4 is 36.3 Å². The normalized spacial score (nSPS) is 14.9. The number of carboxylic acid groups (broad SMARTS) is 1. The van der Waals surface area contributed by atoms with E-state index in [1.807, 2.05) is 13.8 Å². The van der Waals surface area contributed by atoms with Crippen LogP contribution in [0.5, 0.6) is 0 Å². The molecule has 0 saturated carbocycles. The van der Waals surface area contributed by atoms with Crippen LogP contribution in [0.2, 0.25) is 0 Å². The van der Waals surface area contributed by atoms with Gasteiger partial charge in [0, 0.05) is 24.1 Å². The molecule has 12 heteroatoms. The van der Waals surface area contributed by atoms with Gasteiger partial charge in [-0.1, -0.05) is 20.3 Å². The van der Waals surface area contributed by atoms with E-state index < -0.39 is 48.4 Å². The molecule has 162 valence electrons. The molecule has 0 aliphatic heterocycles. The van der Waals surface area contributed by atoms with Crippen LogP contribution >= 0.6 is 12.6 Å². The van der Waals surface area contributed by atoms with Gasteiger partial charge >= 0.3 is 5.97 Å². The van der Waals surface area contributed by atoms with Gasteiger partial charge in [0.2, 0.25) is 17.7 Å².